The van der Waals surface area contributed by atoms with Gasteiger partial charge in [0.15, 0.2) is 0 Å². The van der Waals surface area contributed by atoms with Crippen LogP contribution in [0.1, 0.15) is 5.56 Å². The van der Waals surface area contributed by atoms with Crippen molar-refractivity contribution in [1.82, 2.24) is 15.5 Å². The second-order valence-corrected chi connectivity index (χ2v) is 6.32. The molecule has 7 nitrogen and oxygen atoms in total. The van der Waals surface area contributed by atoms with E-state index in [1.54, 1.807) is 0 Å². The molecule has 1 atom stereocenters. The van der Waals surface area contributed by atoms with Gasteiger partial charge in [-0.1, -0.05) is 48.5 Å². The molecule has 7 heteroatoms. The lowest BCUT2D eigenvalue weighted by atomic mass is 10.0. The fourth-order valence-corrected chi connectivity index (χ4v) is 3.37. The molecule has 1 saturated heterocycles. The third kappa shape index (κ3) is 3.26. The van der Waals surface area contributed by atoms with E-state index in [1.807, 2.05) is 48.5 Å². The molecule has 0 amide bonds. The number of nitrogens with zero attached hydrogens (tertiary/aromatic N) is 3. The van der Waals surface area contributed by atoms with E-state index in [9.17, 15) is 0 Å². The first-order chi connectivity index (χ1) is 12.8. The molecule has 1 fully saturated rings. The van der Waals surface area contributed by atoms with E-state index in [1.165, 1.54) is 0 Å². The molecule has 26 heavy (non-hydrogen) atoms. The highest BCUT2D eigenvalue weighted by Gasteiger charge is 2.42. The second-order valence-electron chi connectivity index (χ2n) is 6.32. The van der Waals surface area contributed by atoms with Gasteiger partial charge in [0.05, 0.1) is 0 Å². The third-order valence-electron chi connectivity index (χ3n) is 4.58. The smallest absolute Gasteiger partial charge is 0.222 e. The number of benzene rings is 2. The molecule has 2 aromatic carbocycles. The Hall–Kier alpha value is -2.90. The lowest BCUT2D eigenvalue weighted by Crippen LogP contribution is -2.64. The fourth-order valence-electron chi connectivity index (χ4n) is 3.37. The van der Waals surface area contributed by atoms with Crippen molar-refractivity contribution in [2.45, 2.75) is 5.79 Å². The maximum absolute atomic E-state index is 6.14. The number of aliphatic imine (C=N–C) groups is 2. The van der Waals surface area contributed by atoms with Crippen LogP contribution >= 0.6 is 0 Å². The minimum atomic E-state index is -0.772. The topological polar surface area (TPSA) is 90.1 Å². The van der Waals surface area contributed by atoms with Gasteiger partial charge in [-0.15, -0.1) is 0 Å². The predicted molar refractivity (Wildman–Crippen MR) is 105 cm³/mol. The molecular formula is C19H23N7. The first-order valence-corrected chi connectivity index (χ1v) is 8.82. The van der Waals surface area contributed by atoms with Crippen molar-refractivity contribution in [1.29, 1.82) is 0 Å². The minimum Gasteiger partial charge on any atom is -0.368 e. The van der Waals surface area contributed by atoms with Crippen LogP contribution in [0.5, 0.6) is 0 Å². The first-order valence-electron chi connectivity index (χ1n) is 8.82. The van der Waals surface area contributed by atoms with E-state index in [2.05, 4.69) is 38.0 Å². The van der Waals surface area contributed by atoms with Crippen LogP contribution in [0.3, 0.4) is 0 Å². The van der Waals surface area contributed by atoms with Gasteiger partial charge in [0, 0.05) is 37.4 Å². The summed E-state index contributed by atoms with van der Waals surface area (Å²) in [4.78, 5) is 11.4. The van der Waals surface area contributed by atoms with Gasteiger partial charge in [0.25, 0.3) is 0 Å². The summed E-state index contributed by atoms with van der Waals surface area (Å²) in [6.07, 6.45) is 0. The number of rotatable bonds is 3. The van der Waals surface area contributed by atoms with Crippen molar-refractivity contribution >= 4 is 17.6 Å². The number of anilines is 1. The summed E-state index contributed by atoms with van der Waals surface area (Å²) in [5.41, 5.74) is 8.11. The van der Waals surface area contributed by atoms with Crippen LogP contribution in [0.2, 0.25) is 0 Å². The Balaban J connectivity index is 1.71. The molecule has 0 bridgehead atoms. The number of nitrogens with two attached hydrogens (primary N) is 1. The number of hydrogen-bond acceptors (Lipinski definition) is 7. The van der Waals surface area contributed by atoms with Gasteiger partial charge >= 0.3 is 0 Å². The van der Waals surface area contributed by atoms with Crippen LogP contribution in [0.25, 0.3) is 0 Å². The van der Waals surface area contributed by atoms with Crippen LogP contribution in [-0.2, 0) is 5.79 Å². The van der Waals surface area contributed by atoms with Crippen LogP contribution < -0.4 is 21.7 Å². The Bertz CT molecular complexity index is 797. The van der Waals surface area contributed by atoms with Crippen molar-refractivity contribution in [3.63, 3.8) is 0 Å². The predicted octanol–water partition coefficient (Wildman–Crippen LogP) is 1.09. The summed E-state index contributed by atoms with van der Waals surface area (Å²) < 4.78 is 0. The van der Waals surface area contributed by atoms with Gasteiger partial charge in [-0.2, -0.15) is 4.99 Å². The maximum Gasteiger partial charge on any atom is 0.222 e. The maximum atomic E-state index is 6.14. The summed E-state index contributed by atoms with van der Waals surface area (Å²) in [6, 6.07) is 20.1. The zero-order chi connectivity index (χ0) is 17.8. The van der Waals surface area contributed by atoms with Crippen molar-refractivity contribution in [3.8, 4) is 0 Å². The van der Waals surface area contributed by atoms with Crippen LogP contribution in [0, 0.1) is 0 Å². The number of piperazine rings is 1. The molecule has 2 aromatic rings. The van der Waals surface area contributed by atoms with Gasteiger partial charge in [-0.3, -0.25) is 4.90 Å². The molecule has 0 spiro atoms. The van der Waals surface area contributed by atoms with Gasteiger partial charge in [-0.25, -0.2) is 4.99 Å². The summed E-state index contributed by atoms with van der Waals surface area (Å²) in [5.74, 6) is 0.0717. The van der Waals surface area contributed by atoms with E-state index in [-0.39, 0.29) is 5.96 Å². The molecule has 0 aliphatic carbocycles. The summed E-state index contributed by atoms with van der Waals surface area (Å²) in [5, 5.41) is 10.2. The van der Waals surface area contributed by atoms with Gasteiger partial charge in [0.1, 0.15) is 0 Å². The number of para-hydroxylation sites is 1. The van der Waals surface area contributed by atoms with E-state index < -0.39 is 5.79 Å². The SMILES string of the molecule is NC1=NC(c2ccccc2)(N2CCNCC2)NC(Nc2ccccc2)=N1. The Morgan fingerprint density at radius 1 is 0.962 bits per heavy atom. The first kappa shape index (κ1) is 16.6. The minimum absolute atomic E-state index is 0.254. The largest absolute Gasteiger partial charge is 0.368 e. The second kappa shape index (κ2) is 7.15. The van der Waals surface area contributed by atoms with Crippen molar-refractivity contribution < 1.29 is 0 Å². The highest BCUT2D eigenvalue weighted by molar-refractivity contribution is 6.03. The standard InChI is InChI=1S/C19H23N7/c20-17-23-18(22-16-9-5-2-6-10-16)25-19(24-17,15-7-3-1-4-8-15)26-13-11-21-12-14-26/h1-10,21H,11-14H2,(H4,20,22,23,24,25). The fraction of sp³-hybridized carbons (Fsp3) is 0.263. The van der Waals surface area contributed by atoms with Crippen LogP contribution in [0.4, 0.5) is 5.69 Å². The highest BCUT2D eigenvalue weighted by Crippen LogP contribution is 2.30. The van der Waals surface area contributed by atoms with E-state index in [4.69, 9.17) is 10.7 Å². The van der Waals surface area contributed by atoms with Gasteiger partial charge in [-0.05, 0) is 12.1 Å². The molecule has 0 radical (unpaired) electrons. The molecule has 5 N–H and O–H groups in total. The number of guanidine groups is 2. The number of nitrogens with one attached hydrogen (secondary N) is 3. The molecule has 134 valence electrons. The van der Waals surface area contributed by atoms with E-state index >= 15 is 0 Å². The molecule has 0 aromatic heterocycles. The lowest BCUT2D eigenvalue weighted by Gasteiger charge is -2.45. The van der Waals surface area contributed by atoms with Gasteiger partial charge < -0.3 is 21.7 Å². The zero-order valence-electron chi connectivity index (χ0n) is 14.5. The quantitative estimate of drug-likeness (QED) is 0.666. The Labute approximate surface area is 153 Å². The average molecular weight is 349 g/mol. The zero-order valence-corrected chi connectivity index (χ0v) is 14.5. The highest BCUT2D eigenvalue weighted by atomic mass is 15.5. The molecule has 0 saturated carbocycles. The third-order valence-corrected chi connectivity index (χ3v) is 4.58. The van der Waals surface area contributed by atoms with Gasteiger partial charge in [0.2, 0.25) is 17.7 Å². The van der Waals surface area contributed by atoms with E-state index in [0.29, 0.717) is 5.96 Å². The van der Waals surface area contributed by atoms with Crippen molar-refractivity contribution in [2.24, 2.45) is 15.7 Å². The molecular weight excluding hydrogens is 326 g/mol. The normalized spacial score (nSPS) is 23.5. The number of hydrogen-bond donors (Lipinski definition) is 4. The monoisotopic (exact) mass is 349 g/mol. The van der Waals surface area contributed by atoms with Crippen LogP contribution in [0.15, 0.2) is 70.6 Å². The van der Waals surface area contributed by atoms with Crippen molar-refractivity contribution in [2.75, 3.05) is 31.5 Å². The van der Waals surface area contributed by atoms with E-state index in [0.717, 1.165) is 37.4 Å². The molecule has 2 aliphatic heterocycles. The summed E-state index contributed by atoms with van der Waals surface area (Å²) >= 11 is 0. The molecule has 2 aliphatic rings. The summed E-state index contributed by atoms with van der Waals surface area (Å²) in [7, 11) is 0. The lowest BCUT2D eigenvalue weighted by molar-refractivity contribution is 0.0627. The molecule has 4 rings (SSSR count). The summed E-state index contributed by atoms with van der Waals surface area (Å²) in [6.45, 7) is 3.53. The Morgan fingerprint density at radius 2 is 1.62 bits per heavy atom. The Kier molecular flexibility index (Phi) is 4.55. The Morgan fingerprint density at radius 3 is 2.31 bits per heavy atom. The molecule has 2 heterocycles. The average Bonchev–Trinajstić information content (AvgIpc) is 2.69. The van der Waals surface area contributed by atoms with Crippen LogP contribution in [-0.4, -0.2) is 43.0 Å². The molecule has 1 unspecified atom stereocenters. The van der Waals surface area contributed by atoms with Crippen molar-refractivity contribution in [3.05, 3.63) is 66.2 Å².